The summed E-state index contributed by atoms with van der Waals surface area (Å²) >= 11 is 0. The van der Waals surface area contributed by atoms with Crippen molar-refractivity contribution in [1.82, 2.24) is 15.2 Å². The molecule has 3 aromatic carbocycles. The maximum atomic E-state index is 11.8. The molecule has 0 saturated carbocycles. The zero-order chi connectivity index (χ0) is 31.4. The number of aromatic nitrogens is 1. The second kappa shape index (κ2) is 16.1. The number of hydrogen-bond donors (Lipinski definition) is 2. The number of rotatable bonds is 13. The van der Waals surface area contributed by atoms with E-state index in [1.807, 2.05) is 60.8 Å². The molecule has 4 aromatic rings. The van der Waals surface area contributed by atoms with Gasteiger partial charge in [0.05, 0.1) is 18.8 Å². The number of nitrogens with one attached hydrogen (secondary N) is 1. The lowest BCUT2D eigenvalue weighted by Crippen LogP contribution is -2.38. The van der Waals surface area contributed by atoms with Gasteiger partial charge in [-0.25, -0.2) is 4.79 Å². The van der Waals surface area contributed by atoms with Crippen molar-refractivity contribution in [2.75, 3.05) is 26.7 Å². The van der Waals surface area contributed by atoms with Gasteiger partial charge >= 0.3 is 6.09 Å². The Hall–Kier alpha value is -4.34. The average molecular weight is 608 g/mol. The van der Waals surface area contributed by atoms with Crippen LogP contribution < -0.4 is 5.32 Å². The number of nitrogens with zero attached hydrogens (tertiary/aromatic N) is 2. The normalized spacial score (nSPS) is 18.0. The number of aliphatic hydroxyl groups is 1. The van der Waals surface area contributed by atoms with Crippen molar-refractivity contribution in [3.63, 3.8) is 0 Å². The number of likely N-dealkylation sites (N-methyl/N-ethyl adjacent to an activating group) is 1. The lowest BCUT2D eigenvalue weighted by atomic mass is 9.99. The molecule has 5 rings (SSSR count). The minimum Gasteiger partial charge on any atom is -0.445 e. The largest absolute Gasteiger partial charge is 0.445 e. The fraction of sp³-hybridized carbons (Fsp3) is 0.297. The third-order valence-corrected chi connectivity index (χ3v) is 7.82. The van der Waals surface area contributed by atoms with E-state index < -0.39 is 12.4 Å². The highest BCUT2D eigenvalue weighted by atomic mass is 16.7. The molecule has 1 aliphatic heterocycles. The number of benzene rings is 3. The van der Waals surface area contributed by atoms with Crippen LogP contribution in [0.3, 0.4) is 0 Å². The van der Waals surface area contributed by atoms with Gasteiger partial charge in [0.25, 0.3) is 0 Å². The van der Waals surface area contributed by atoms with E-state index in [4.69, 9.17) is 14.2 Å². The third-order valence-electron chi connectivity index (χ3n) is 7.82. The quantitative estimate of drug-likeness (QED) is 0.171. The number of carbonyl (C=O) groups excluding carboxylic acids is 1. The Labute approximate surface area is 265 Å². The summed E-state index contributed by atoms with van der Waals surface area (Å²) in [4.78, 5) is 18.6. The zero-order valence-corrected chi connectivity index (χ0v) is 25.7. The fourth-order valence-electron chi connectivity index (χ4n) is 5.38. The van der Waals surface area contributed by atoms with Gasteiger partial charge in [0.2, 0.25) is 0 Å². The van der Waals surface area contributed by atoms with Gasteiger partial charge in [-0.05, 0) is 53.1 Å². The molecule has 0 bridgehead atoms. The summed E-state index contributed by atoms with van der Waals surface area (Å²) in [6, 6.07) is 30.3. The molecule has 1 aliphatic rings. The molecule has 0 aliphatic carbocycles. The summed E-state index contributed by atoms with van der Waals surface area (Å²) in [7, 11) is 2.12. The Morgan fingerprint density at radius 3 is 2.53 bits per heavy atom. The van der Waals surface area contributed by atoms with Gasteiger partial charge in [0.1, 0.15) is 6.61 Å². The van der Waals surface area contributed by atoms with Crippen LogP contribution >= 0.6 is 0 Å². The Kier molecular flexibility index (Phi) is 11.5. The van der Waals surface area contributed by atoms with E-state index in [1.54, 1.807) is 0 Å². The van der Waals surface area contributed by atoms with Gasteiger partial charge in [0.15, 0.2) is 6.29 Å². The second-order valence-corrected chi connectivity index (χ2v) is 11.2. The molecule has 1 fully saturated rings. The predicted molar refractivity (Wildman–Crippen MR) is 174 cm³/mol. The number of ether oxygens (including phenoxy) is 3. The van der Waals surface area contributed by atoms with E-state index in [9.17, 15) is 9.90 Å². The molecule has 0 spiro atoms. The predicted octanol–water partition coefficient (Wildman–Crippen LogP) is 6.37. The van der Waals surface area contributed by atoms with Crippen LogP contribution in [0.2, 0.25) is 0 Å². The Morgan fingerprint density at radius 2 is 1.80 bits per heavy atom. The van der Waals surface area contributed by atoms with Crippen LogP contribution in [-0.4, -0.2) is 53.9 Å². The summed E-state index contributed by atoms with van der Waals surface area (Å²) in [6.07, 6.45) is 3.77. The minimum absolute atomic E-state index is 0.00920. The fourth-order valence-corrected chi connectivity index (χ4v) is 5.38. The molecular weight excluding hydrogens is 566 g/mol. The van der Waals surface area contributed by atoms with Crippen molar-refractivity contribution >= 4 is 6.09 Å². The van der Waals surface area contributed by atoms with Crippen LogP contribution in [0.15, 0.2) is 110 Å². The number of carbonyl (C=O) groups is 1. The standard InChI is InChI=1S/C37H41N3O5/c1-3-21-43-37(42)39-24-28-7-6-8-32(22-28)29-14-16-31(17-15-29)36-44-34(25-40(2)20-18-33-9-4-5-19-38-33)23-35(45-36)30-12-10-27(26-41)11-13-30/h3-17,19,22,34-36,41H,1,18,20-21,23-26H2,2H3,(H,39,42). The monoisotopic (exact) mass is 607 g/mol. The number of alkyl carbamates (subject to hydrolysis) is 1. The van der Waals surface area contributed by atoms with Crippen molar-refractivity contribution in [2.45, 2.75) is 44.5 Å². The van der Waals surface area contributed by atoms with Crippen LogP contribution in [0.4, 0.5) is 4.79 Å². The second-order valence-electron chi connectivity index (χ2n) is 11.2. The molecule has 234 valence electrons. The molecule has 1 aromatic heterocycles. The topological polar surface area (TPSA) is 93.2 Å². The van der Waals surface area contributed by atoms with E-state index in [0.717, 1.165) is 65.0 Å². The van der Waals surface area contributed by atoms with Crippen LogP contribution in [0, 0.1) is 0 Å². The van der Waals surface area contributed by atoms with E-state index in [2.05, 4.69) is 65.2 Å². The molecule has 3 atom stereocenters. The number of hydrogen-bond acceptors (Lipinski definition) is 7. The van der Waals surface area contributed by atoms with Gasteiger partial charge in [0, 0.05) is 49.9 Å². The maximum Gasteiger partial charge on any atom is 0.407 e. The van der Waals surface area contributed by atoms with E-state index in [-0.39, 0.29) is 25.4 Å². The SMILES string of the molecule is C=CCOC(=O)NCc1cccc(-c2ccc(C3OC(CN(C)CCc4ccccn4)CC(c4ccc(CO)cc4)O3)cc2)c1. The molecule has 2 heterocycles. The highest BCUT2D eigenvalue weighted by molar-refractivity contribution is 5.68. The van der Waals surface area contributed by atoms with Crippen molar-refractivity contribution in [2.24, 2.45) is 0 Å². The van der Waals surface area contributed by atoms with Gasteiger partial charge in [-0.2, -0.15) is 0 Å². The molecule has 1 saturated heterocycles. The first-order valence-electron chi connectivity index (χ1n) is 15.3. The van der Waals surface area contributed by atoms with Crippen LogP contribution in [-0.2, 0) is 33.8 Å². The Balaban J connectivity index is 1.27. The van der Waals surface area contributed by atoms with Gasteiger partial charge in [-0.1, -0.05) is 85.5 Å². The molecule has 0 radical (unpaired) electrons. The summed E-state index contributed by atoms with van der Waals surface area (Å²) in [5.74, 6) is 0. The minimum atomic E-state index is -0.526. The highest BCUT2D eigenvalue weighted by Crippen LogP contribution is 2.38. The first kappa shape index (κ1) is 32.1. The molecule has 8 nitrogen and oxygen atoms in total. The highest BCUT2D eigenvalue weighted by Gasteiger charge is 2.32. The molecule has 8 heteroatoms. The van der Waals surface area contributed by atoms with Gasteiger partial charge in [-0.15, -0.1) is 0 Å². The molecule has 1 amide bonds. The van der Waals surface area contributed by atoms with Crippen molar-refractivity contribution in [3.8, 4) is 11.1 Å². The third kappa shape index (κ3) is 9.33. The van der Waals surface area contributed by atoms with Crippen LogP contribution in [0.1, 0.15) is 46.8 Å². The summed E-state index contributed by atoms with van der Waals surface area (Å²) in [5.41, 5.74) is 7.02. The lowest BCUT2D eigenvalue weighted by molar-refractivity contribution is -0.252. The lowest BCUT2D eigenvalue weighted by Gasteiger charge is -2.38. The molecular formula is C37H41N3O5. The summed E-state index contributed by atoms with van der Waals surface area (Å²) < 4.78 is 18.1. The molecule has 45 heavy (non-hydrogen) atoms. The molecule has 3 unspecified atom stereocenters. The summed E-state index contributed by atoms with van der Waals surface area (Å²) in [5, 5.41) is 12.3. The molecule has 2 N–H and O–H groups in total. The van der Waals surface area contributed by atoms with E-state index in [1.165, 1.54) is 6.08 Å². The van der Waals surface area contributed by atoms with Crippen molar-refractivity contribution < 1.29 is 24.1 Å². The Morgan fingerprint density at radius 1 is 1.00 bits per heavy atom. The smallest absolute Gasteiger partial charge is 0.407 e. The summed E-state index contributed by atoms with van der Waals surface area (Å²) in [6.45, 7) is 5.74. The zero-order valence-electron chi connectivity index (χ0n) is 25.7. The number of pyridine rings is 1. The number of aliphatic hydroxyl groups excluding tert-OH is 1. The number of amides is 1. The van der Waals surface area contributed by atoms with E-state index >= 15 is 0 Å². The van der Waals surface area contributed by atoms with Gasteiger partial charge < -0.3 is 29.5 Å². The van der Waals surface area contributed by atoms with Crippen LogP contribution in [0.5, 0.6) is 0 Å². The first-order valence-corrected chi connectivity index (χ1v) is 15.3. The van der Waals surface area contributed by atoms with Crippen molar-refractivity contribution in [3.05, 3.63) is 138 Å². The maximum absolute atomic E-state index is 11.8. The van der Waals surface area contributed by atoms with Crippen molar-refractivity contribution in [1.29, 1.82) is 0 Å². The Bertz CT molecular complexity index is 1510. The van der Waals surface area contributed by atoms with E-state index in [0.29, 0.717) is 6.54 Å². The average Bonchev–Trinajstić information content (AvgIpc) is 3.09. The van der Waals surface area contributed by atoms with Gasteiger partial charge in [-0.3, -0.25) is 4.98 Å². The first-order chi connectivity index (χ1) is 22.0. The van der Waals surface area contributed by atoms with Crippen LogP contribution in [0.25, 0.3) is 11.1 Å².